The molecule has 7 rings (SSSR count). The first-order valence-electron chi connectivity index (χ1n) is 14.5. The Morgan fingerprint density at radius 1 is 0.579 bits per heavy atom. The molecule has 1 aliphatic heterocycles. The molecule has 4 aromatic rings. The third kappa shape index (κ3) is 4.24. The smallest absolute Gasteiger partial charge is 0.0621 e. The van der Waals surface area contributed by atoms with Crippen LogP contribution in [0.15, 0.2) is 109 Å². The van der Waals surface area contributed by atoms with Gasteiger partial charge in [-0.05, 0) is 62.1 Å². The van der Waals surface area contributed by atoms with Crippen molar-refractivity contribution in [1.82, 2.24) is 0 Å². The van der Waals surface area contributed by atoms with Gasteiger partial charge in [0.25, 0.3) is 0 Å². The molecule has 1 unspecified atom stereocenters. The second-order valence-corrected chi connectivity index (χ2v) is 14.1. The van der Waals surface area contributed by atoms with Crippen LogP contribution in [0.2, 0.25) is 12.1 Å². The van der Waals surface area contributed by atoms with Crippen molar-refractivity contribution in [2.45, 2.75) is 56.2 Å². The van der Waals surface area contributed by atoms with Crippen molar-refractivity contribution in [1.29, 1.82) is 0 Å². The van der Waals surface area contributed by atoms with Crippen molar-refractivity contribution in [2.24, 2.45) is 0 Å². The van der Waals surface area contributed by atoms with Gasteiger partial charge in [-0.15, -0.1) is 0 Å². The molecule has 38 heavy (non-hydrogen) atoms. The lowest BCUT2D eigenvalue weighted by atomic mass is 9.87. The van der Waals surface area contributed by atoms with Gasteiger partial charge in [0.15, 0.2) is 0 Å². The van der Waals surface area contributed by atoms with E-state index in [0.717, 1.165) is 6.42 Å². The highest BCUT2D eigenvalue weighted by Crippen LogP contribution is 2.54. The molecule has 0 bridgehead atoms. The Bertz CT molecular complexity index is 1500. The summed E-state index contributed by atoms with van der Waals surface area (Å²) in [6.45, 7) is 0. The Kier molecular flexibility index (Phi) is 6.47. The largest absolute Gasteiger partial charge is 0.0801 e. The summed E-state index contributed by atoms with van der Waals surface area (Å²) in [5, 5.41) is 0. The normalized spacial score (nSPS) is 18.9. The van der Waals surface area contributed by atoms with E-state index >= 15 is 0 Å². The minimum absolute atomic E-state index is 0.562. The number of fused-ring (bicyclic) bond motifs is 3. The molecular weight excluding hydrogens is 472 g/mol. The van der Waals surface area contributed by atoms with E-state index in [2.05, 4.69) is 109 Å². The minimum atomic E-state index is -0.602. The van der Waals surface area contributed by atoms with Gasteiger partial charge in [-0.25, -0.2) is 0 Å². The topological polar surface area (TPSA) is 0 Å². The fourth-order valence-corrected chi connectivity index (χ4v) is 10.7. The fourth-order valence-electron chi connectivity index (χ4n) is 7.08. The van der Waals surface area contributed by atoms with E-state index in [4.69, 9.17) is 0 Å². The van der Waals surface area contributed by atoms with Crippen LogP contribution in [0.3, 0.4) is 0 Å². The summed E-state index contributed by atoms with van der Waals surface area (Å²) in [6, 6.07) is 37.2. The van der Waals surface area contributed by atoms with E-state index in [-0.39, 0.29) is 0 Å². The van der Waals surface area contributed by atoms with Crippen LogP contribution in [0, 0.1) is 0 Å². The van der Waals surface area contributed by atoms with Gasteiger partial charge in [0.2, 0.25) is 0 Å². The molecule has 1 heteroatoms. The van der Waals surface area contributed by atoms with Gasteiger partial charge in [0.05, 0.1) is 8.80 Å². The number of hydrogen-bond acceptors (Lipinski definition) is 0. The molecule has 1 atom stereocenters. The summed E-state index contributed by atoms with van der Waals surface area (Å²) < 4.78 is 0. The molecule has 0 saturated carbocycles. The van der Waals surface area contributed by atoms with Gasteiger partial charge >= 0.3 is 0 Å². The lowest BCUT2D eigenvalue weighted by molar-refractivity contribution is 0.632. The molecule has 0 spiro atoms. The Morgan fingerprint density at radius 2 is 1.24 bits per heavy atom. The van der Waals surface area contributed by atoms with Crippen molar-refractivity contribution in [3.05, 3.63) is 126 Å². The lowest BCUT2D eigenvalue weighted by Crippen LogP contribution is -2.25. The highest BCUT2D eigenvalue weighted by Gasteiger charge is 2.38. The molecule has 0 N–H and O–H groups in total. The molecule has 1 saturated heterocycles. The summed E-state index contributed by atoms with van der Waals surface area (Å²) in [4.78, 5) is 0. The van der Waals surface area contributed by atoms with E-state index in [0.29, 0.717) is 5.54 Å². The van der Waals surface area contributed by atoms with Gasteiger partial charge in [0.1, 0.15) is 0 Å². The zero-order chi connectivity index (χ0) is 25.3. The van der Waals surface area contributed by atoms with Crippen molar-refractivity contribution in [3.63, 3.8) is 0 Å². The second-order valence-electron chi connectivity index (χ2n) is 11.2. The highest BCUT2D eigenvalue weighted by molar-refractivity contribution is 6.62. The molecule has 1 radical (unpaired) electrons. The van der Waals surface area contributed by atoms with Crippen LogP contribution in [0.1, 0.15) is 60.8 Å². The fraction of sp³-hybridized carbons (Fsp3) is 0.243. The highest BCUT2D eigenvalue weighted by atomic mass is 28.3. The SMILES string of the molecule is C1=CCC(c2c(-c3ccccc3)ccc3c2C([Si]2CCCCCCC2)c2cc(-c4ccccc4)ccc2-3)=C1. The molecule has 3 aliphatic rings. The van der Waals surface area contributed by atoms with Crippen LogP contribution in [-0.4, -0.2) is 8.80 Å². The second kappa shape index (κ2) is 10.4. The number of allylic oxidation sites excluding steroid dienone is 4. The van der Waals surface area contributed by atoms with Gasteiger partial charge in [0, 0.05) is 5.54 Å². The van der Waals surface area contributed by atoms with E-state index in [1.165, 1.54) is 88.7 Å². The maximum absolute atomic E-state index is 2.57. The van der Waals surface area contributed by atoms with Gasteiger partial charge in [-0.1, -0.05) is 153 Å². The molecule has 1 fully saturated rings. The quantitative estimate of drug-likeness (QED) is 0.241. The van der Waals surface area contributed by atoms with E-state index in [1.54, 1.807) is 11.1 Å². The molecule has 0 nitrogen and oxygen atoms in total. The van der Waals surface area contributed by atoms with Gasteiger partial charge < -0.3 is 0 Å². The Labute approximate surface area is 229 Å². The summed E-state index contributed by atoms with van der Waals surface area (Å²) in [5.74, 6) is 0. The molecule has 2 aliphatic carbocycles. The summed E-state index contributed by atoms with van der Waals surface area (Å²) >= 11 is 0. The molecule has 1 heterocycles. The van der Waals surface area contributed by atoms with E-state index in [1.807, 2.05) is 0 Å². The van der Waals surface area contributed by atoms with Crippen LogP contribution in [0.25, 0.3) is 39.0 Å². The first-order chi connectivity index (χ1) is 18.9. The summed E-state index contributed by atoms with van der Waals surface area (Å²) in [7, 11) is -0.602. The molecule has 0 amide bonds. The zero-order valence-electron chi connectivity index (χ0n) is 22.1. The van der Waals surface area contributed by atoms with Crippen molar-refractivity contribution >= 4 is 14.4 Å². The monoisotopic (exact) mass is 507 g/mol. The van der Waals surface area contributed by atoms with Crippen molar-refractivity contribution in [3.8, 4) is 33.4 Å². The Morgan fingerprint density at radius 3 is 1.95 bits per heavy atom. The third-order valence-electron chi connectivity index (χ3n) is 8.88. The minimum Gasteiger partial charge on any atom is -0.0801 e. The first-order valence-corrected chi connectivity index (χ1v) is 16.5. The molecule has 187 valence electrons. The maximum atomic E-state index is 2.57. The van der Waals surface area contributed by atoms with Crippen LogP contribution in [0.4, 0.5) is 0 Å². The number of benzene rings is 4. The van der Waals surface area contributed by atoms with E-state index < -0.39 is 8.80 Å². The molecule has 0 aromatic heterocycles. The first kappa shape index (κ1) is 23.7. The average molecular weight is 508 g/mol. The maximum Gasteiger partial charge on any atom is 0.0621 e. The van der Waals surface area contributed by atoms with E-state index in [9.17, 15) is 0 Å². The number of rotatable bonds is 4. The third-order valence-corrected chi connectivity index (χ3v) is 12.3. The average Bonchev–Trinajstić information content (AvgIpc) is 3.60. The van der Waals surface area contributed by atoms with Crippen LogP contribution < -0.4 is 0 Å². The summed E-state index contributed by atoms with van der Waals surface area (Å²) in [5.41, 5.74) is 15.3. The number of hydrogen-bond donors (Lipinski definition) is 0. The predicted molar refractivity (Wildman–Crippen MR) is 165 cm³/mol. The Balaban J connectivity index is 1.46. The molecular formula is C37H35Si. The van der Waals surface area contributed by atoms with Crippen LogP contribution in [0.5, 0.6) is 0 Å². The molecule has 4 aromatic carbocycles. The van der Waals surface area contributed by atoms with Crippen molar-refractivity contribution < 1.29 is 0 Å². The predicted octanol–water partition coefficient (Wildman–Crippen LogP) is 10.5. The zero-order valence-corrected chi connectivity index (χ0v) is 23.1. The van der Waals surface area contributed by atoms with Crippen LogP contribution >= 0.6 is 0 Å². The van der Waals surface area contributed by atoms with Gasteiger partial charge in [-0.2, -0.15) is 0 Å². The van der Waals surface area contributed by atoms with Gasteiger partial charge in [-0.3, -0.25) is 0 Å². The lowest BCUT2D eigenvalue weighted by Gasteiger charge is -2.29. The standard InChI is InChI=1S/C37H35Si/c1-2-12-24-38(25-13-3-1)37-34-26-30(27-14-6-4-7-15-27)20-21-32(34)33-23-22-31(28-16-8-5-9-17-28)35(36(33)37)29-18-10-11-19-29/h4-11,14-18,20-23,26,37H,1-3,12-13,19,24-25H2. The van der Waals surface area contributed by atoms with Crippen molar-refractivity contribution in [2.75, 3.05) is 0 Å². The Hall–Kier alpha value is -3.42. The van der Waals surface area contributed by atoms with Crippen LogP contribution in [-0.2, 0) is 0 Å². The summed E-state index contributed by atoms with van der Waals surface area (Å²) in [6.07, 6.45) is 15.1.